The quantitative estimate of drug-likeness (QED) is 0.113. The number of rotatable bonds is 14. The smallest absolute Gasteiger partial charge is 0.224 e. The maximum absolute atomic E-state index is 12.6. The van der Waals surface area contributed by atoms with Crippen molar-refractivity contribution in [1.29, 1.82) is 0 Å². The summed E-state index contributed by atoms with van der Waals surface area (Å²) in [6, 6.07) is 15.8. The number of nitrogens with two attached hydrogens (primary N) is 1. The van der Waals surface area contributed by atoms with E-state index in [9.17, 15) is 9.59 Å². The van der Waals surface area contributed by atoms with Gasteiger partial charge in [-0.05, 0) is 42.5 Å². The lowest BCUT2D eigenvalue weighted by atomic mass is 9.91. The second-order valence-electron chi connectivity index (χ2n) is 11.2. The highest BCUT2D eigenvalue weighted by atomic mass is 32.2. The third kappa shape index (κ3) is 20.1. The fourth-order valence-corrected chi connectivity index (χ4v) is 4.09. The number of carbonyl (C=O) groups excluding carboxylic acids is 3. The van der Waals surface area contributed by atoms with Crippen LogP contribution in [0.3, 0.4) is 0 Å². The number of Topliss-reactive ketones (excluding diaryl/α,β-unsaturated/α-hetero) is 1. The van der Waals surface area contributed by atoms with Crippen molar-refractivity contribution in [3.05, 3.63) is 65.2 Å². The second kappa shape index (κ2) is 20.4. The monoisotopic (exact) mass is 608 g/mol. The third-order valence-corrected chi connectivity index (χ3v) is 6.95. The fraction of sp³-hybridized carbons (Fsp3) is 0.516. The first-order valence-corrected chi connectivity index (χ1v) is 16.0. The van der Waals surface area contributed by atoms with E-state index in [-0.39, 0.29) is 35.4 Å². The van der Waals surface area contributed by atoms with E-state index in [1.165, 1.54) is 16.7 Å². The van der Waals surface area contributed by atoms with Crippen molar-refractivity contribution >= 4 is 40.9 Å². The molecular weight excluding hydrogens is 560 g/mol. The van der Waals surface area contributed by atoms with Gasteiger partial charge in [-0.1, -0.05) is 70.5 Å². The van der Waals surface area contributed by atoms with E-state index in [0.717, 1.165) is 17.7 Å². The number of nitrogens with one attached hydrogen (secondary N) is 1. The molecule has 41 heavy (non-hydrogen) atoms. The van der Waals surface area contributed by atoms with E-state index in [1.807, 2.05) is 24.3 Å². The summed E-state index contributed by atoms with van der Waals surface area (Å²) in [5.41, 5.74) is 6.94. The normalized spacial score (nSPS) is 11.7. The van der Waals surface area contributed by atoms with Crippen LogP contribution in [0.15, 0.2) is 53.4 Å². The van der Waals surface area contributed by atoms with Crippen molar-refractivity contribution in [2.45, 2.75) is 65.7 Å². The minimum Gasteiger partial charge on any atom is -0.380 e. The molecule has 0 radical (unpaired) electrons. The van der Waals surface area contributed by atoms with Crippen LogP contribution in [0.1, 0.15) is 68.9 Å². The van der Waals surface area contributed by atoms with Crippen LogP contribution in [0.4, 0.5) is 0 Å². The number of ether oxygens (including phenoxy) is 1. The van der Waals surface area contributed by atoms with E-state index >= 15 is 0 Å². The number of hydrogen-bond donors (Lipinski definition) is 3. The largest absolute Gasteiger partial charge is 0.380 e. The van der Waals surface area contributed by atoms with E-state index in [1.54, 1.807) is 11.8 Å². The molecular formula is C31H48N2O6S2. The molecule has 10 heteroatoms. The van der Waals surface area contributed by atoms with Crippen LogP contribution in [0, 0.1) is 17.8 Å². The second-order valence-corrected chi connectivity index (χ2v) is 13.2. The number of benzene rings is 2. The number of ketones is 1. The molecule has 2 aromatic carbocycles. The first kappa shape index (κ1) is 38.5. The van der Waals surface area contributed by atoms with Crippen molar-refractivity contribution in [3.8, 4) is 0 Å². The maximum atomic E-state index is 12.6. The average molecular weight is 609 g/mol. The van der Waals surface area contributed by atoms with Crippen LogP contribution in [-0.2, 0) is 31.8 Å². The number of thioether (sulfide) groups is 1. The van der Waals surface area contributed by atoms with Gasteiger partial charge < -0.3 is 20.3 Å². The zero-order valence-corrected chi connectivity index (χ0v) is 27.2. The summed E-state index contributed by atoms with van der Waals surface area (Å²) in [6.45, 7) is 14.7. The summed E-state index contributed by atoms with van der Waals surface area (Å²) >= 11 is 0.0775. The maximum Gasteiger partial charge on any atom is 0.224 e. The van der Waals surface area contributed by atoms with Crippen LogP contribution >= 0.6 is 11.8 Å². The third-order valence-electron chi connectivity index (χ3n) is 5.94. The number of aryl methyl sites for hydroxylation is 1. The SMILES string of the molecule is CCC(C)(C)COCC(C)(C)CNC(=O)Cc1cccc(C(=O)CCSc2ccc(C)cc2)c1.CS(=O)O.NC=O. The Bertz CT molecular complexity index is 1080. The standard InChI is InChI=1S/C29H41NO3S.CH3NO.CH4O2S/c1-7-28(3,4)20-33-21-29(5,6)19-30-27(32)18-23-9-8-10-24(17-23)26(31)15-16-34-25-13-11-22(2)12-14-25;2-1-3;1-4(2)3/h8-14,17H,7,15-16,18-21H2,1-6H3,(H,30,32);1H,(H2,2,3);1H3,(H,2,3). The number of primary amides is 1. The van der Waals surface area contributed by atoms with Gasteiger partial charge in [0.05, 0.1) is 19.6 Å². The summed E-state index contributed by atoms with van der Waals surface area (Å²) in [7, 11) is 0. The van der Waals surface area contributed by atoms with Gasteiger partial charge in [-0.2, -0.15) is 0 Å². The summed E-state index contributed by atoms with van der Waals surface area (Å²) < 4.78 is 22.6. The molecule has 2 aromatic rings. The minimum atomic E-state index is -1.61. The van der Waals surface area contributed by atoms with E-state index in [2.05, 4.69) is 76.9 Å². The molecule has 0 aliphatic heterocycles. The lowest BCUT2D eigenvalue weighted by Gasteiger charge is -2.28. The van der Waals surface area contributed by atoms with Crippen LogP contribution in [0.5, 0.6) is 0 Å². The first-order chi connectivity index (χ1) is 19.1. The molecule has 2 amide bonds. The molecule has 4 N–H and O–H groups in total. The predicted octanol–water partition coefficient (Wildman–Crippen LogP) is 5.44. The molecule has 1 atom stereocenters. The lowest BCUT2D eigenvalue weighted by molar-refractivity contribution is -0.121. The molecule has 0 saturated carbocycles. The Morgan fingerprint density at radius 2 is 1.63 bits per heavy atom. The van der Waals surface area contributed by atoms with Gasteiger partial charge in [0.2, 0.25) is 12.3 Å². The molecule has 0 heterocycles. The van der Waals surface area contributed by atoms with Gasteiger partial charge in [0.25, 0.3) is 0 Å². The topological polar surface area (TPSA) is 136 Å². The lowest BCUT2D eigenvalue weighted by Crippen LogP contribution is -2.38. The van der Waals surface area contributed by atoms with Gasteiger partial charge in [-0.25, -0.2) is 4.21 Å². The molecule has 2 rings (SSSR count). The van der Waals surface area contributed by atoms with Gasteiger partial charge in [-0.15, -0.1) is 11.8 Å². The van der Waals surface area contributed by atoms with Crippen molar-refractivity contribution in [2.75, 3.05) is 31.8 Å². The van der Waals surface area contributed by atoms with Crippen LogP contribution in [0.2, 0.25) is 0 Å². The number of amides is 2. The van der Waals surface area contributed by atoms with Gasteiger partial charge in [0, 0.05) is 40.8 Å². The molecule has 1 unspecified atom stereocenters. The Morgan fingerprint density at radius 1 is 1.07 bits per heavy atom. The molecule has 8 nitrogen and oxygen atoms in total. The summed E-state index contributed by atoms with van der Waals surface area (Å²) in [4.78, 5) is 34.9. The van der Waals surface area contributed by atoms with Crippen LogP contribution in [0.25, 0.3) is 0 Å². The Labute approximate surface area is 252 Å². The molecule has 0 bridgehead atoms. The summed E-state index contributed by atoms with van der Waals surface area (Å²) in [5.74, 6) is 0.802. The van der Waals surface area contributed by atoms with Gasteiger partial charge in [-0.3, -0.25) is 14.4 Å². The summed E-state index contributed by atoms with van der Waals surface area (Å²) in [6.07, 6.45) is 3.24. The molecule has 0 fully saturated rings. The molecule has 0 saturated heterocycles. The van der Waals surface area contributed by atoms with Crippen molar-refractivity contribution in [3.63, 3.8) is 0 Å². The van der Waals surface area contributed by atoms with Crippen molar-refractivity contribution in [2.24, 2.45) is 16.6 Å². The van der Waals surface area contributed by atoms with Crippen molar-refractivity contribution < 1.29 is 27.9 Å². The number of carbonyl (C=O) groups is 3. The fourth-order valence-electron chi connectivity index (χ4n) is 3.24. The highest BCUT2D eigenvalue weighted by Crippen LogP contribution is 2.22. The zero-order valence-electron chi connectivity index (χ0n) is 25.5. The zero-order chi connectivity index (χ0) is 31.5. The summed E-state index contributed by atoms with van der Waals surface area (Å²) in [5, 5.41) is 3.03. The van der Waals surface area contributed by atoms with E-state index in [0.29, 0.717) is 31.7 Å². The number of hydrogen-bond acceptors (Lipinski definition) is 6. The molecule has 0 spiro atoms. The Kier molecular flexibility index (Phi) is 19.1. The Balaban J connectivity index is 0.00000205. The van der Waals surface area contributed by atoms with E-state index < -0.39 is 11.1 Å². The highest BCUT2D eigenvalue weighted by molar-refractivity contribution is 7.99. The molecule has 0 aromatic heterocycles. The van der Waals surface area contributed by atoms with Crippen LogP contribution in [-0.4, -0.2) is 58.6 Å². The molecule has 0 aliphatic carbocycles. The Hall–Kier alpha value is -2.53. The average Bonchev–Trinajstić information content (AvgIpc) is 2.89. The van der Waals surface area contributed by atoms with Gasteiger partial charge >= 0.3 is 0 Å². The van der Waals surface area contributed by atoms with Crippen molar-refractivity contribution in [1.82, 2.24) is 5.32 Å². The van der Waals surface area contributed by atoms with Gasteiger partial charge in [0.1, 0.15) is 11.1 Å². The minimum absolute atomic E-state index is 0.0403. The Morgan fingerprint density at radius 3 is 2.20 bits per heavy atom. The predicted molar refractivity (Wildman–Crippen MR) is 170 cm³/mol. The highest BCUT2D eigenvalue weighted by Gasteiger charge is 2.22. The first-order valence-electron chi connectivity index (χ1n) is 13.5. The molecule has 230 valence electrons. The van der Waals surface area contributed by atoms with Crippen LogP contribution < -0.4 is 11.1 Å². The molecule has 0 aliphatic rings. The van der Waals surface area contributed by atoms with Gasteiger partial charge in [0.15, 0.2) is 5.78 Å². The van der Waals surface area contributed by atoms with E-state index in [4.69, 9.17) is 18.3 Å².